The first kappa shape index (κ1) is 12.8. The van der Waals surface area contributed by atoms with E-state index in [0.717, 1.165) is 11.5 Å². The summed E-state index contributed by atoms with van der Waals surface area (Å²) in [5.41, 5.74) is 5.66. The molecule has 0 spiro atoms. The van der Waals surface area contributed by atoms with E-state index in [0.29, 0.717) is 13.2 Å². The van der Waals surface area contributed by atoms with E-state index in [9.17, 15) is 0 Å². The molecule has 1 unspecified atom stereocenters. The molecular formula is C12H20N2O2. The second kappa shape index (κ2) is 6.35. The van der Waals surface area contributed by atoms with Crippen LogP contribution in [0.5, 0.6) is 11.5 Å². The normalized spacial score (nSPS) is 12.6. The average Bonchev–Trinajstić information content (AvgIpc) is 2.30. The lowest BCUT2D eigenvalue weighted by molar-refractivity contribution is 0.185. The fraction of sp³-hybridized carbons (Fsp3) is 0.500. The highest BCUT2D eigenvalue weighted by atomic mass is 16.5. The van der Waals surface area contributed by atoms with Crippen molar-refractivity contribution < 1.29 is 9.47 Å². The summed E-state index contributed by atoms with van der Waals surface area (Å²) in [5.74, 6) is 1.50. The summed E-state index contributed by atoms with van der Waals surface area (Å²) >= 11 is 0. The van der Waals surface area contributed by atoms with Gasteiger partial charge in [-0.2, -0.15) is 0 Å². The number of nitrogens with zero attached hydrogens (tertiary/aromatic N) is 1. The second-order valence-electron chi connectivity index (χ2n) is 3.82. The van der Waals surface area contributed by atoms with Gasteiger partial charge in [0.1, 0.15) is 6.61 Å². The minimum atomic E-state index is 0.213. The fourth-order valence-electron chi connectivity index (χ4n) is 1.35. The van der Waals surface area contributed by atoms with Crippen LogP contribution in [0.4, 0.5) is 0 Å². The lowest BCUT2D eigenvalue weighted by atomic mass is 10.3. The minimum Gasteiger partial charge on any atom is -0.493 e. The molecule has 1 aromatic rings. The van der Waals surface area contributed by atoms with Gasteiger partial charge in [-0.05, 0) is 26.2 Å². The van der Waals surface area contributed by atoms with E-state index < -0.39 is 0 Å². The number of methoxy groups -OCH3 is 1. The van der Waals surface area contributed by atoms with E-state index in [4.69, 9.17) is 15.2 Å². The first-order valence-corrected chi connectivity index (χ1v) is 5.31. The Labute approximate surface area is 96.9 Å². The van der Waals surface area contributed by atoms with Crippen molar-refractivity contribution in [1.29, 1.82) is 0 Å². The quantitative estimate of drug-likeness (QED) is 0.782. The molecule has 0 saturated heterocycles. The van der Waals surface area contributed by atoms with Gasteiger partial charge < -0.3 is 20.1 Å². The van der Waals surface area contributed by atoms with Crippen molar-refractivity contribution in [2.75, 3.05) is 34.4 Å². The molecule has 0 fully saturated rings. The summed E-state index contributed by atoms with van der Waals surface area (Å²) in [5, 5.41) is 0. The number of rotatable bonds is 6. The zero-order valence-corrected chi connectivity index (χ0v) is 10.1. The molecular weight excluding hydrogens is 204 g/mol. The zero-order valence-electron chi connectivity index (χ0n) is 10.1. The highest BCUT2D eigenvalue weighted by Gasteiger charge is 2.11. The Bertz CT molecular complexity index is 316. The molecule has 2 N–H and O–H groups in total. The Hall–Kier alpha value is -1.26. The third kappa shape index (κ3) is 3.40. The maximum absolute atomic E-state index is 5.70. The van der Waals surface area contributed by atoms with Crippen LogP contribution in [0.25, 0.3) is 0 Å². The molecule has 0 aliphatic carbocycles. The van der Waals surface area contributed by atoms with Crippen LogP contribution in [-0.4, -0.2) is 45.3 Å². The standard InChI is InChI=1S/C12H20N2O2/c1-14(2)10(8-13)9-16-12-7-5-4-6-11(12)15-3/h4-7,10H,8-9,13H2,1-3H3. The maximum Gasteiger partial charge on any atom is 0.161 e. The lowest BCUT2D eigenvalue weighted by Gasteiger charge is -2.23. The van der Waals surface area contributed by atoms with E-state index >= 15 is 0 Å². The molecule has 4 heteroatoms. The van der Waals surface area contributed by atoms with E-state index in [2.05, 4.69) is 4.90 Å². The van der Waals surface area contributed by atoms with Gasteiger partial charge in [0.05, 0.1) is 13.2 Å². The molecule has 1 rings (SSSR count). The van der Waals surface area contributed by atoms with Crippen LogP contribution >= 0.6 is 0 Å². The van der Waals surface area contributed by atoms with Crippen LogP contribution in [-0.2, 0) is 0 Å². The van der Waals surface area contributed by atoms with Crippen LogP contribution in [0, 0.1) is 0 Å². The number of ether oxygens (including phenoxy) is 2. The Morgan fingerprint density at radius 2 is 1.88 bits per heavy atom. The van der Waals surface area contributed by atoms with Crippen LogP contribution in [0.1, 0.15) is 0 Å². The summed E-state index contributed by atoms with van der Waals surface area (Å²) in [6.45, 7) is 1.13. The molecule has 1 aromatic carbocycles. The number of likely N-dealkylation sites (N-methyl/N-ethyl adjacent to an activating group) is 1. The smallest absolute Gasteiger partial charge is 0.161 e. The highest BCUT2D eigenvalue weighted by Crippen LogP contribution is 2.25. The van der Waals surface area contributed by atoms with Crippen molar-refractivity contribution in [2.24, 2.45) is 5.73 Å². The molecule has 0 amide bonds. The maximum atomic E-state index is 5.70. The van der Waals surface area contributed by atoms with Gasteiger partial charge in [-0.15, -0.1) is 0 Å². The summed E-state index contributed by atoms with van der Waals surface area (Å²) in [7, 11) is 5.61. The minimum absolute atomic E-state index is 0.213. The van der Waals surface area contributed by atoms with Crippen LogP contribution in [0.15, 0.2) is 24.3 Å². The monoisotopic (exact) mass is 224 g/mol. The first-order chi connectivity index (χ1) is 7.69. The van der Waals surface area contributed by atoms with Crippen molar-refractivity contribution in [3.8, 4) is 11.5 Å². The molecule has 0 aliphatic rings. The Morgan fingerprint density at radius 3 is 2.38 bits per heavy atom. The van der Waals surface area contributed by atoms with Crippen molar-refractivity contribution in [1.82, 2.24) is 4.90 Å². The van der Waals surface area contributed by atoms with Crippen molar-refractivity contribution in [3.63, 3.8) is 0 Å². The summed E-state index contributed by atoms with van der Waals surface area (Å²) in [4.78, 5) is 2.05. The van der Waals surface area contributed by atoms with Crippen molar-refractivity contribution >= 4 is 0 Å². The van der Waals surface area contributed by atoms with Crippen molar-refractivity contribution in [2.45, 2.75) is 6.04 Å². The third-order valence-corrected chi connectivity index (χ3v) is 2.50. The summed E-state index contributed by atoms with van der Waals surface area (Å²) in [6.07, 6.45) is 0. The predicted molar refractivity (Wildman–Crippen MR) is 65.0 cm³/mol. The molecule has 0 heterocycles. The van der Waals surface area contributed by atoms with E-state index in [-0.39, 0.29) is 6.04 Å². The highest BCUT2D eigenvalue weighted by molar-refractivity contribution is 5.39. The number of nitrogens with two attached hydrogens (primary N) is 1. The number of hydrogen-bond donors (Lipinski definition) is 1. The van der Waals surface area contributed by atoms with E-state index in [1.807, 2.05) is 38.4 Å². The van der Waals surface area contributed by atoms with Crippen molar-refractivity contribution in [3.05, 3.63) is 24.3 Å². The lowest BCUT2D eigenvalue weighted by Crippen LogP contribution is -2.39. The molecule has 0 aliphatic heterocycles. The number of benzene rings is 1. The summed E-state index contributed by atoms with van der Waals surface area (Å²) in [6, 6.07) is 7.82. The average molecular weight is 224 g/mol. The van der Waals surface area contributed by atoms with Gasteiger partial charge >= 0.3 is 0 Å². The molecule has 0 radical (unpaired) electrons. The Kier molecular flexibility index (Phi) is 5.08. The first-order valence-electron chi connectivity index (χ1n) is 5.31. The van der Waals surface area contributed by atoms with Crippen LogP contribution in [0.2, 0.25) is 0 Å². The van der Waals surface area contributed by atoms with Crippen LogP contribution < -0.4 is 15.2 Å². The van der Waals surface area contributed by atoms with Crippen LogP contribution in [0.3, 0.4) is 0 Å². The molecule has 1 atom stereocenters. The topological polar surface area (TPSA) is 47.7 Å². The zero-order chi connectivity index (χ0) is 12.0. The molecule has 0 aromatic heterocycles. The number of para-hydroxylation sites is 2. The Balaban J connectivity index is 2.59. The van der Waals surface area contributed by atoms with Gasteiger partial charge in [0.15, 0.2) is 11.5 Å². The SMILES string of the molecule is COc1ccccc1OCC(CN)N(C)C. The third-order valence-electron chi connectivity index (χ3n) is 2.50. The largest absolute Gasteiger partial charge is 0.493 e. The van der Waals surface area contributed by atoms with E-state index in [1.54, 1.807) is 7.11 Å². The van der Waals surface area contributed by atoms with Gasteiger partial charge in [-0.1, -0.05) is 12.1 Å². The second-order valence-corrected chi connectivity index (χ2v) is 3.82. The number of hydrogen-bond acceptors (Lipinski definition) is 4. The fourth-order valence-corrected chi connectivity index (χ4v) is 1.35. The molecule has 0 bridgehead atoms. The van der Waals surface area contributed by atoms with Gasteiger partial charge in [-0.25, -0.2) is 0 Å². The van der Waals surface area contributed by atoms with Gasteiger partial charge in [0.2, 0.25) is 0 Å². The van der Waals surface area contributed by atoms with Gasteiger partial charge in [0, 0.05) is 6.54 Å². The Morgan fingerprint density at radius 1 is 1.25 bits per heavy atom. The molecule has 4 nitrogen and oxygen atoms in total. The molecule has 0 saturated carbocycles. The molecule has 16 heavy (non-hydrogen) atoms. The van der Waals surface area contributed by atoms with Gasteiger partial charge in [-0.3, -0.25) is 0 Å². The van der Waals surface area contributed by atoms with E-state index in [1.165, 1.54) is 0 Å². The summed E-state index contributed by atoms with van der Waals surface area (Å²) < 4.78 is 10.9. The predicted octanol–water partition coefficient (Wildman–Crippen LogP) is 0.963. The van der Waals surface area contributed by atoms with Gasteiger partial charge in [0.25, 0.3) is 0 Å². The molecule has 90 valence electrons.